The Balaban J connectivity index is 2.84. The predicted molar refractivity (Wildman–Crippen MR) is 58.9 cm³/mol. The van der Waals surface area contributed by atoms with Gasteiger partial charge in [0.05, 0.1) is 0 Å². The molecule has 0 aromatic heterocycles. The fraction of sp³-hybridized carbons (Fsp3) is 0.273. The topological polar surface area (TPSA) is 20.2 Å². The third kappa shape index (κ3) is 3.23. The first kappa shape index (κ1) is 10.3. The molecule has 0 saturated heterocycles. The molecule has 0 saturated carbocycles. The van der Waals surface area contributed by atoms with E-state index < -0.39 is 0 Å². The summed E-state index contributed by atoms with van der Waals surface area (Å²) in [6.45, 7) is 4.10. The number of allylic oxidation sites excluding steroid dienone is 2. The lowest BCUT2D eigenvalue weighted by molar-refractivity contribution is 0.469. The molecule has 1 rings (SSSR count). The van der Waals surface area contributed by atoms with Crippen molar-refractivity contribution in [2.75, 3.05) is 0 Å². The Morgan fingerprint density at radius 2 is 2.15 bits per heavy atom. The lowest BCUT2D eigenvalue weighted by atomic mass is 10.1. The van der Waals surface area contributed by atoms with E-state index in [0.717, 1.165) is 16.5 Å². The normalized spacial score (nSPS) is 9.77. The third-order valence-corrected chi connectivity index (χ3v) is 2.27. The molecule has 1 aromatic rings. The summed E-state index contributed by atoms with van der Waals surface area (Å²) in [5, 5.41) is 9.54. The molecule has 70 valence electrons. The summed E-state index contributed by atoms with van der Waals surface area (Å²) < 4.78 is 0.908. The Morgan fingerprint density at radius 1 is 1.46 bits per heavy atom. The molecular weight excluding hydrogens is 228 g/mol. The van der Waals surface area contributed by atoms with Crippen molar-refractivity contribution in [3.05, 3.63) is 39.9 Å². The van der Waals surface area contributed by atoms with Crippen LogP contribution >= 0.6 is 15.9 Å². The van der Waals surface area contributed by atoms with Gasteiger partial charge in [0.25, 0.3) is 0 Å². The van der Waals surface area contributed by atoms with Gasteiger partial charge in [-0.15, -0.1) is 0 Å². The summed E-state index contributed by atoms with van der Waals surface area (Å²) in [4.78, 5) is 0. The molecule has 2 heteroatoms. The zero-order valence-corrected chi connectivity index (χ0v) is 9.43. The first-order valence-electron chi connectivity index (χ1n) is 4.20. The fourth-order valence-electron chi connectivity index (χ4n) is 1.02. The van der Waals surface area contributed by atoms with Crippen LogP contribution in [-0.2, 0) is 6.42 Å². The predicted octanol–water partition coefficient (Wildman–Crippen LogP) is 3.66. The quantitative estimate of drug-likeness (QED) is 0.783. The van der Waals surface area contributed by atoms with Gasteiger partial charge in [0.15, 0.2) is 0 Å². The molecule has 1 nitrogen and oxygen atoms in total. The average molecular weight is 241 g/mol. The maximum absolute atomic E-state index is 9.54. The molecular formula is C11H13BrO. The Hall–Kier alpha value is -0.760. The molecule has 0 aliphatic carbocycles. The van der Waals surface area contributed by atoms with Gasteiger partial charge >= 0.3 is 0 Å². The second-order valence-corrected chi connectivity index (χ2v) is 4.17. The summed E-state index contributed by atoms with van der Waals surface area (Å²) >= 11 is 3.30. The van der Waals surface area contributed by atoms with Crippen molar-refractivity contribution >= 4 is 15.9 Å². The number of phenolic OH excluding ortho intramolecular Hbond substituents is 1. The molecule has 0 bridgehead atoms. The first-order valence-corrected chi connectivity index (χ1v) is 4.99. The highest BCUT2D eigenvalue weighted by Gasteiger charge is 1.99. The van der Waals surface area contributed by atoms with Crippen molar-refractivity contribution in [2.45, 2.75) is 20.3 Å². The highest BCUT2D eigenvalue weighted by Crippen LogP contribution is 2.22. The van der Waals surface area contributed by atoms with Crippen LogP contribution < -0.4 is 0 Å². The number of hydrogen-bond donors (Lipinski definition) is 1. The Kier molecular flexibility index (Phi) is 3.55. The van der Waals surface area contributed by atoms with Gasteiger partial charge < -0.3 is 5.11 Å². The molecule has 0 aliphatic rings. The zero-order chi connectivity index (χ0) is 9.84. The highest BCUT2D eigenvalue weighted by atomic mass is 79.9. The van der Waals surface area contributed by atoms with Crippen molar-refractivity contribution < 1.29 is 5.11 Å². The molecule has 1 N–H and O–H groups in total. The summed E-state index contributed by atoms with van der Waals surface area (Å²) in [6.07, 6.45) is 2.89. The molecule has 0 atom stereocenters. The molecule has 0 fully saturated rings. The Labute approximate surface area is 87.2 Å². The van der Waals surface area contributed by atoms with Crippen LogP contribution in [-0.4, -0.2) is 5.11 Å². The summed E-state index contributed by atoms with van der Waals surface area (Å²) in [7, 11) is 0. The van der Waals surface area contributed by atoms with Crippen LogP contribution in [0.1, 0.15) is 19.4 Å². The van der Waals surface area contributed by atoms with E-state index in [9.17, 15) is 5.11 Å². The Morgan fingerprint density at radius 3 is 2.69 bits per heavy atom. The van der Waals surface area contributed by atoms with E-state index in [-0.39, 0.29) is 0 Å². The van der Waals surface area contributed by atoms with Gasteiger partial charge in [-0.25, -0.2) is 0 Å². The van der Waals surface area contributed by atoms with Gasteiger partial charge in [0, 0.05) is 4.47 Å². The fourth-order valence-corrected chi connectivity index (χ4v) is 1.37. The van der Waals surface area contributed by atoms with Crippen LogP contribution in [0.25, 0.3) is 0 Å². The van der Waals surface area contributed by atoms with Crippen molar-refractivity contribution in [3.63, 3.8) is 0 Å². The third-order valence-electron chi connectivity index (χ3n) is 1.78. The van der Waals surface area contributed by atoms with E-state index >= 15 is 0 Å². The van der Waals surface area contributed by atoms with Crippen LogP contribution in [0, 0.1) is 0 Å². The number of benzene rings is 1. The SMILES string of the molecule is CC(C)=CCc1ccc(Br)cc1O. The molecule has 13 heavy (non-hydrogen) atoms. The van der Waals surface area contributed by atoms with Gasteiger partial charge in [-0.1, -0.05) is 33.6 Å². The lowest BCUT2D eigenvalue weighted by Crippen LogP contribution is -1.83. The highest BCUT2D eigenvalue weighted by molar-refractivity contribution is 9.10. The zero-order valence-electron chi connectivity index (χ0n) is 7.84. The second-order valence-electron chi connectivity index (χ2n) is 3.26. The minimum Gasteiger partial charge on any atom is -0.508 e. The van der Waals surface area contributed by atoms with Crippen LogP contribution in [0.3, 0.4) is 0 Å². The van der Waals surface area contributed by atoms with E-state index in [1.54, 1.807) is 6.07 Å². The smallest absolute Gasteiger partial charge is 0.120 e. The minimum absolute atomic E-state index is 0.354. The largest absolute Gasteiger partial charge is 0.508 e. The van der Waals surface area contributed by atoms with E-state index in [1.807, 2.05) is 12.1 Å². The van der Waals surface area contributed by atoms with Gasteiger partial charge in [-0.05, 0) is 38.0 Å². The number of aromatic hydroxyl groups is 1. The molecule has 0 radical (unpaired) electrons. The molecule has 0 amide bonds. The monoisotopic (exact) mass is 240 g/mol. The summed E-state index contributed by atoms with van der Waals surface area (Å²) in [6, 6.07) is 5.58. The van der Waals surface area contributed by atoms with Crippen molar-refractivity contribution in [3.8, 4) is 5.75 Å². The van der Waals surface area contributed by atoms with Crippen LogP contribution in [0.15, 0.2) is 34.3 Å². The second kappa shape index (κ2) is 4.47. The maximum Gasteiger partial charge on any atom is 0.120 e. The van der Waals surface area contributed by atoms with E-state index in [0.29, 0.717) is 5.75 Å². The van der Waals surface area contributed by atoms with Gasteiger partial charge in [0.1, 0.15) is 5.75 Å². The molecule has 0 spiro atoms. The number of rotatable bonds is 2. The summed E-state index contributed by atoms with van der Waals surface area (Å²) in [5.74, 6) is 0.354. The van der Waals surface area contributed by atoms with Crippen molar-refractivity contribution in [1.29, 1.82) is 0 Å². The van der Waals surface area contributed by atoms with E-state index in [1.165, 1.54) is 5.57 Å². The van der Waals surface area contributed by atoms with Crippen LogP contribution in [0.4, 0.5) is 0 Å². The number of hydrogen-bond acceptors (Lipinski definition) is 1. The van der Waals surface area contributed by atoms with E-state index in [2.05, 4.69) is 35.9 Å². The first-order chi connectivity index (χ1) is 6.09. The molecule has 1 aromatic carbocycles. The minimum atomic E-state index is 0.354. The van der Waals surface area contributed by atoms with Crippen LogP contribution in [0.5, 0.6) is 5.75 Å². The van der Waals surface area contributed by atoms with Crippen molar-refractivity contribution in [2.24, 2.45) is 0 Å². The maximum atomic E-state index is 9.54. The lowest BCUT2D eigenvalue weighted by Gasteiger charge is -2.01. The number of phenols is 1. The average Bonchev–Trinajstić information content (AvgIpc) is 2.02. The standard InChI is InChI=1S/C11H13BrO/c1-8(2)3-4-9-5-6-10(12)7-11(9)13/h3,5-7,13H,4H2,1-2H3. The summed E-state index contributed by atoms with van der Waals surface area (Å²) in [5.41, 5.74) is 2.23. The van der Waals surface area contributed by atoms with Gasteiger partial charge in [-0.2, -0.15) is 0 Å². The Bertz CT molecular complexity index is 325. The van der Waals surface area contributed by atoms with Crippen molar-refractivity contribution in [1.82, 2.24) is 0 Å². The van der Waals surface area contributed by atoms with E-state index in [4.69, 9.17) is 0 Å². The van der Waals surface area contributed by atoms with Gasteiger partial charge in [-0.3, -0.25) is 0 Å². The molecule has 0 unspecified atom stereocenters. The number of halogens is 1. The van der Waals surface area contributed by atoms with Crippen LogP contribution in [0.2, 0.25) is 0 Å². The molecule has 0 heterocycles. The van der Waals surface area contributed by atoms with Gasteiger partial charge in [0.2, 0.25) is 0 Å². The molecule has 0 aliphatic heterocycles.